The summed E-state index contributed by atoms with van der Waals surface area (Å²) in [5.41, 5.74) is 6.00. The zero-order valence-corrected chi connectivity index (χ0v) is 10.2. The lowest BCUT2D eigenvalue weighted by molar-refractivity contribution is 0.383. The van der Waals surface area contributed by atoms with E-state index in [9.17, 15) is 8.78 Å². The number of nitrogens with two attached hydrogens (primary N) is 1. The van der Waals surface area contributed by atoms with Crippen LogP contribution in [0.25, 0.3) is 0 Å². The Morgan fingerprint density at radius 1 is 1.35 bits per heavy atom. The number of hydrogen-bond donors (Lipinski definition) is 2. The van der Waals surface area contributed by atoms with E-state index in [1.807, 2.05) is 19.0 Å². The highest BCUT2D eigenvalue weighted by molar-refractivity contribution is 5.22. The third-order valence-corrected chi connectivity index (χ3v) is 2.52. The molecule has 5 heteroatoms. The molecule has 0 aliphatic heterocycles. The van der Waals surface area contributed by atoms with Gasteiger partial charge in [0.25, 0.3) is 0 Å². The van der Waals surface area contributed by atoms with Crippen molar-refractivity contribution in [3.8, 4) is 0 Å². The van der Waals surface area contributed by atoms with Crippen molar-refractivity contribution in [2.45, 2.75) is 6.04 Å². The van der Waals surface area contributed by atoms with Crippen molar-refractivity contribution in [3.05, 3.63) is 35.4 Å². The Kier molecular flexibility index (Phi) is 5.47. The van der Waals surface area contributed by atoms with E-state index < -0.39 is 11.6 Å². The van der Waals surface area contributed by atoms with Crippen LogP contribution in [0.5, 0.6) is 0 Å². The molecule has 1 unspecified atom stereocenters. The van der Waals surface area contributed by atoms with Gasteiger partial charge >= 0.3 is 0 Å². The maximum Gasteiger partial charge on any atom is 0.130 e. The van der Waals surface area contributed by atoms with Crippen LogP contribution in [-0.4, -0.2) is 38.6 Å². The minimum absolute atomic E-state index is 0.274. The second kappa shape index (κ2) is 6.64. The van der Waals surface area contributed by atoms with Gasteiger partial charge in [-0.15, -0.1) is 0 Å². The average molecular weight is 243 g/mol. The maximum absolute atomic E-state index is 13.5. The molecule has 1 aromatic rings. The van der Waals surface area contributed by atoms with Gasteiger partial charge in [0, 0.05) is 37.3 Å². The van der Waals surface area contributed by atoms with Gasteiger partial charge in [-0.1, -0.05) is 6.07 Å². The number of halogens is 2. The van der Waals surface area contributed by atoms with E-state index in [0.29, 0.717) is 12.1 Å². The molecule has 0 saturated carbocycles. The number of likely N-dealkylation sites (N-methyl/N-ethyl adjacent to an activating group) is 1. The van der Waals surface area contributed by atoms with Gasteiger partial charge in [0.2, 0.25) is 0 Å². The smallest absolute Gasteiger partial charge is 0.130 e. The van der Waals surface area contributed by atoms with Crippen LogP contribution >= 0.6 is 0 Å². The Balaban J connectivity index is 2.66. The van der Waals surface area contributed by atoms with Gasteiger partial charge in [0.15, 0.2) is 0 Å². The SMILES string of the molecule is CN(C)CCNC(CN)c1ccc(F)cc1F. The fourth-order valence-electron chi connectivity index (χ4n) is 1.57. The van der Waals surface area contributed by atoms with Gasteiger partial charge in [-0.2, -0.15) is 0 Å². The first kappa shape index (κ1) is 14.0. The summed E-state index contributed by atoms with van der Waals surface area (Å²) in [6.45, 7) is 1.81. The van der Waals surface area contributed by atoms with Crippen molar-refractivity contribution in [1.29, 1.82) is 0 Å². The molecule has 1 rings (SSSR count). The summed E-state index contributed by atoms with van der Waals surface area (Å²) in [6.07, 6.45) is 0. The molecule has 0 heterocycles. The van der Waals surface area contributed by atoms with Crippen molar-refractivity contribution < 1.29 is 8.78 Å². The number of rotatable bonds is 6. The molecule has 0 saturated heterocycles. The van der Waals surface area contributed by atoms with E-state index in [4.69, 9.17) is 5.73 Å². The molecule has 0 radical (unpaired) electrons. The van der Waals surface area contributed by atoms with Crippen molar-refractivity contribution in [2.24, 2.45) is 5.73 Å². The van der Waals surface area contributed by atoms with Crippen molar-refractivity contribution in [2.75, 3.05) is 33.7 Å². The third kappa shape index (κ3) is 4.38. The van der Waals surface area contributed by atoms with Gasteiger partial charge in [0.1, 0.15) is 11.6 Å². The Hall–Kier alpha value is -1.04. The highest BCUT2D eigenvalue weighted by atomic mass is 19.1. The zero-order valence-electron chi connectivity index (χ0n) is 10.2. The van der Waals surface area contributed by atoms with Gasteiger partial charge in [-0.3, -0.25) is 0 Å². The van der Waals surface area contributed by atoms with E-state index in [-0.39, 0.29) is 12.6 Å². The predicted octanol–water partition coefficient (Wildman–Crippen LogP) is 1.12. The van der Waals surface area contributed by atoms with Crippen molar-refractivity contribution in [1.82, 2.24) is 10.2 Å². The number of benzene rings is 1. The third-order valence-electron chi connectivity index (χ3n) is 2.52. The van der Waals surface area contributed by atoms with E-state index in [2.05, 4.69) is 5.32 Å². The van der Waals surface area contributed by atoms with Crippen LogP contribution in [0.2, 0.25) is 0 Å². The standard InChI is InChI=1S/C12H19F2N3/c1-17(2)6-5-16-12(8-15)10-4-3-9(13)7-11(10)14/h3-4,7,12,16H,5-6,8,15H2,1-2H3. The lowest BCUT2D eigenvalue weighted by Crippen LogP contribution is -2.34. The van der Waals surface area contributed by atoms with Crippen LogP contribution in [0.15, 0.2) is 18.2 Å². The van der Waals surface area contributed by atoms with Crippen LogP contribution in [0, 0.1) is 11.6 Å². The van der Waals surface area contributed by atoms with Gasteiger partial charge in [0.05, 0.1) is 0 Å². The summed E-state index contributed by atoms with van der Waals surface area (Å²) in [5, 5.41) is 3.15. The summed E-state index contributed by atoms with van der Waals surface area (Å²) in [6, 6.07) is 3.28. The molecule has 0 aliphatic rings. The highest BCUT2D eigenvalue weighted by Gasteiger charge is 2.14. The molecular formula is C12H19F2N3. The van der Waals surface area contributed by atoms with Crippen LogP contribution in [0.4, 0.5) is 8.78 Å². The molecule has 0 amide bonds. The summed E-state index contributed by atoms with van der Waals surface area (Å²) in [5.74, 6) is -1.13. The second-order valence-corrected chi connectivity index (χ2v) is 4.21. The first-order valence-corrected chi connectivity index (χ1v) is 5.57. The molecule has 0 spiro atoms. The van der Waals surface area contributed by atoms with E-state index in [0.717, 1.165) is 12.6 Å². The fraction of sp³-hybridized carbons (Fsp3) is 0.500. The quantitative estimate of drug-likeness (QED) is 0.786. The summed E-state index contributed by atoms with van der Waals surface area (Å²) >= 11 is 0. The molecule has 1 aromatic carbocycles. The molecule has 3 N–H and O–H groups in total. The van der Waals surface area contributed by atoms with Crippen LogP contribution in [-0.2, 0) is 0 Å². The Labute approximate surface area is 101 Å². The maximum atomic E-state index is 13.5. The molecule has 0 bridgehead atoms. The Morgan fingerprint density at radius 2 is 2.06 bits per heavy atom. The second-order valence-electron chi connectivity index (χ2n) is 4.21. The largest absolute Gasteiger partial charge is 0.329 e. The summed E-state index contributed by atoms with van der Waals surface area (Å²) < 4.78 is 26.3. The first-order chi connectivity index (χ1) is 8.04. The molecule has 96 valence electrons. The van der Waals surface area contributed by atoms with Crippen molar-refractivity contribution in [3.63, 3.8) is 0 Å². The molecule has 0 aliphatic carbocycles. The minimum atomic E-state index is -0.574. The number of nitrogens with one attached hydrogen (secondary N) is 1. The molecule has 1 atom stereocenters. The van der Waals surface area contributed by atoms with Gasteiger partial charge in [-0.25, -0.2) is 8.78 Å². The summed E-state index contributed by atoms with van der Waals surface area (Å²) in [4.78, 5) is 2.02. The molecule has 3 nitrogen and oxygen atoms in total. The molecule has 0 fully saturated rings. The predicted molar refractivity (Wildman–Crippen MR) is 64.7 cm³/mol. The number of hydrogen-bond acceptors (Lipinski definition) is 3. The molecule has 17 heavy (non-hydrogen) atoms. The van der Waals surface area contributed by atoms with Crippen LogP contribution in [0.1, 0.15) is 11.6 Å². The molecular weight excluding hydrogens is 224 g/mol. The van der Waals surface area contributed by atoms with Crippen LogP contribution in [0.3, 0.4) is 0 Å². The Morgan fingerprint density at radius 3 is 2.59 bits per heavy atom. The topological polar surface area (TPSA) is 41.3 Å². The van der Waals surface area contributed by atoms with E-state index >= 15 is 0 Å². The van der Waals surface area contributed by atoms with E-state index in [1.54, 1.807) is 0 Å². The normalized spacial score (nSPS) is 13.1. The minimum Gasteiger partial charge on any atom is -0.329 e. The summed E-state index contributed by atoms with van der Waals surface area (Å²) in [7, 11) is 3.91. The first-order valence-electron chi connectivity index (χ1n) is 5.57. The highest BCUT2D eigenvalue weighted by Crippen LogP contribution is 2.17. The fourth-order valence-corrected chi connectivity index (χ4v) is 1.57. The molecule has 0 aromatic heterocycles. The number of nitrogens with zero attached hydrogens (tertiary/aromatic N) is 1. The van der Waals surface area contributed by atoms with Gasteiger partial charge < -0.3 is 16.0 Å². The average Bonchev–Trinajstić information content (AvgIpc) is 2.25. The monoisotopic (exact) mass is 243 g/mol. The zero-order chi connectivity index (χ0) is 12.8. The van der Waals surface area contributed by atoms with Crippen molar-refractivity contribution >= 4 is 0 Å². The lowest BCUT2D eigenvalue weighted by atomic mass is 10.1. The van der Waals surface area contributed by atoms with Crippen LogP contribution < -0.4 is 11.1 Å². The van der Waals surface area contributed by atoms with E-state index in [1.165, 1.54) is 12.1 Å². The van der Waals surface area contributed by atoms with Gasteiger partial charge in [-0.05, 0) is 20.2 Å². The Bertz CT molecular complexity index is 356. The lowest BCUT2D eigenvalue weighted by Gasteiger charge is -2.19.